The maximum Gasteiger partial charge on any atom is 0.251 e. The highest BCUT2D eigenvalue weighted by atomic mass is 35.5. The molecule has 4 aromatic rings. The summed E-state index contributed by atoms with van der Waals surface area (Å²) in [6.07, 6.45) is 0. The van der Waals surface area contributed by atoms with Crippen LogP contribution in [0.2, 0.25) is 10.0 Å². The molecule has 4 rings (SSSR count). The second-order valence-electron chi connectivity index (χ2n) is 6.85. The summed E-state index contributed by atoms with van der Waals surface area (Å²) in [5.41, 5.74) is 2.65. The zero-order valence-electron chi connectivity index (χ0n) is 16.3. The van der Waals surface area contributed by atoms with Crippen LogP contribution in [-0.4, -0.2) is 21.4 Å². The first-order valence-electron chi connectivity index (χ1n) is 9.53. The molecular weight excluding hydrogens is 435 g/mol. The van der Waals surface area contributed by atoms with Crippen LogP contribution in [0.1, 0.15) is 16.2 Å². The van der Waals surface area contributed by atoms with Gasteiger partial charge in [0.15, 0.2) is 0 Å². The van der Waals surface area contributed by atoms with Crippen LogP contribution in [0.3, 0.4) is 0 Å². The van der Waals surface area contributed by atoms with Crippen LogP contribution >= 0.6 is 23.2 Å². The number of hydrogen-bond acceptors (Lipinski definition) is 3. The van der Waals surface area contributed by atoms with E-state index in [4.69, 9.17) is 23.2 Å². The van der Waals surface area contributed by atoms with Crippen LogP contribution < -0.4 is 10.6 Å². The minimum atomic E-state index is -0.251. The van der Waals surface area contributed by atoms with Crippen molar-refractivity contribution < 1.29 is 9.59 Å². The number of carbonyl (C=O) groups excluding carboxylic acids is 2. The van der Waals surface area contributed by atoms with Crippen molar-refractivity contribution in [1.29, 1.82) is 0 Å². The number of carbonyl (C=O) groups is 2. The number of para-hydroxylation sites is 2. The number of aromatic nitrogens is 2. The van der Waals surface area contributed by atoms with Gasteiger partial charge in [0.05, 0.1) is 17.6 Å². The van der Waals surface area contributed by atoms with Crippen molar-refractivity contribution in [1.82, 2.24) is 14.9 Å². The van der Waals surface area contributed by atoms with Gasteiger partial charge in [-0.15, -0.1) is 0 Å². The Morgan fingerprint density at radius 2 is 1.68 bits per heavy atom. The fourth-order valence-corrected chi connectivity index (χ4v) is 3.53. The van der Waals surface area contributed by atoms with Crippen molar-refractivity contribution in [2.75, 3.05) is 5.32 Å². The Morgan fingerprint density at radius 3 is 2.45 bits per heavy atom. The summed E-state index contributed by atoms with van der Waals surface area (Å²) in [4.78, 5) is 29.7. The molecule has 8 heteroatoms. The molecule has 0 saturated heterocycles. The third-order valence-electron chi connectivity index (χ3n) is 4.66. The van der Waals surface area contributed by atoms with Crippen molar-refractivity contribution in [3.8, 4) is 0 Å². The lowest BCUT2D eigenvalue weighted by Crippen LogP contribution is -2.26. The molecule has 0 saturated carbocycles. The van der Waals surface area contributed by atoms with Gasteiger partial charge in [0, 0.05) is 21.3 Å². The van der Waals surface area contributed by atoms with Gasteiger partial charge < -0.3 is 15.2 Å². The molecule has 0 atom stereocenters. The second kappa shape index (κ2) is 9.20. The molecule has 0 unspecified atom stereocenters. The largest absolute Gasteiger partial charge is 0.345 e. The van der Waals surface area contributed by atoms with Gasteiger partial charge in [-0.3, -0.25) is 9.59 Å². The molecule has 6 nitrogen and oxygen atoms in total. The maximum absolute atomic E-state index is 12.7. The number of anilines is 1. The zero-order valence-corrected chi connectivity index (χ0v) is 17.8. The van der Waals surface area contributed by atoms with Crippen LogP contribution in [0.15, 0.2) is 72.8 Å². The van der Waals surface area contributed by atoms with Crippen LogP contribution in [0.25, 0.3) is 11.0 Å². The van der Waals surface area contributed by atoms with E-state index in [0.29, 0.717) is 27.1 Å². The predicted octanol–water partition coefficient (Wildman–Crippen LogP) is 4.91. The normalized spacial score (nSPS) is 10.8. The average Bonchev–Trinajstić information content (AvgIpc) is 3.10. The Hall–Kier alpha value is -3.35. The Kier molecular flexibility index (Phi) is 6.21. The molecule has 1 heterocycles. The Labute approximate surface area is 188 Å². The highest BCUT2D eigenvalue weighted by Gasteiger charge is 2.15. The molecule has 0 spiro atoms. The molecule has 3 aromatic carbocycles. The van der Waals surface area contributed by atoms with Crippen molar-refractivity contribution in [3.63, 3.8) is 0 Å². The summed E-state index contributed by atoms with van der Waals surface area (Å²) in [6.45, 7) is 0.208. The topological polar surface area (TPSA) is 76.0 Å². The first-order valence-corrected chi connectivity index (χ1v) is 10.3. The zero-order chi connectivity index (χ0) is 21.8. The number of benzene rings is 3. The van der Waals surface area contributed by atoms with Crippen molar-refractivity contribution in [2.24, 2.45) is 0 Å². The maximum atomic E-state index is 12.7. The van der Waals surface area contributed by atoms with Crippen molar-refractivity contribution in [2.45, 2.75) is 13.1 Å². The number of hydrogen-bond donors (Lipinski definition) is 2. The van der Waals surface area contributed by atoms with Crippen molar-refractivity contribution in [3.05, 3.63) is 94.2 Å². The molecule has 0 aliphatic rings. The van der Waals surface area contributed by atoms with Gasteiger partial charge >= 0.3 is 0 Å². The number of fused-ring (bicyclic) bond motifs is 1. The van der Waals surface area contributed by atoms with E-state index in [1.165, 1.54) is 0 Å². The van der Waals surface area contributed by atoms with Crippen LogP contribution in [0.4, 0.5) is 5.69 Å². The number of nitrogens with one attached hydrogen (secondary N) is 2. The summed E-state index contributed by atoms with van der Waals surface area (Å²) < 4.78 is 1.79. The third kappa shape index (κ3) is 5.05. The number of rotatable bonds is 6. The van der Waals surface area contributed by atoms with E-state index < -0.39 is 0 Å². The van der Waals surface area contributed by atoms with E-state index >= 15 is 0 Å². The molecule has 0 aliphatic heterocycles. The van der Waals surface area contributed by atoms with Gasteiger partial charge in [0.25, 0.3) is 5.91 Å². The molecular formula is C23H18Cl2N4O2. The molecule has 31 heavy (non-hydrogen) atoms. The number of halogens is 2. The van der Waals surface area contributed by atoms with E-state index in [9.17, 15) is 9.59 Å². The molecule has 2 N–H and O–H groups in total. The highest BCUT2D eigenvalue weighted by molar-refractivity contribution is 6.31. The van der Waals surface area contributed by atoms with Crippen LogP contribution in [-0.2, 0) is 17.9 Å². The summed E-state index contributed by atoms with van der Waals surface area (Å²) in [5, 5.41) is 6.79. The Morgan fingerprint density at radius 1 is 0.903 bits per heavy atom. The summed E-state index contributed by atoms with van der Waals surface area (Å²) >= 11 is 11.9. The summed E-state index contributed by atoms with van der Waals surface area (Å²) in [6, 6.07) is 21.1. The van der Waals surface area contributed by atoms with Gasteiger partial charge in [-0.2, -0.15) is 0 Å². The Bertz CT molecular complexity index is 1250. The van der Waals surface area contributed by atoms with Gasteiger partial charge in [-0.1, -0.05) is 41.4 Å². The van der Waals surface area contributed by atoms with E-state index in [1.54, 1.807) is 53.1 Å². The van der Waals surface area contributed by atoms with E-state index in [2.05, 4.69) is 15.6 Å². The fourth-order valence-electron chi connectivity index (χ4n) is 3.21. The lowest BCUT2D eigenvalue weighted by molar-refractivity contribution is -0.116. The van der Waals surface area contributed by atoms with Gasteiger partial charge in [-0.05, 0) is 54.6 Å². The minimum Gasteiger partial charge on any atom is -0.345 e. The molecule has 0 radical (unpaired) electrons. The number of nitrogens with zero attached hydrogens (tertiary/aromatic N) is 2. The minimum absolute atomic E-state index is 0.0408. The van der Waals surface area contributed by atoms with E-state index in [0.717, 1.165) is 11.0 Å². The Balaban J connectivity index is 1.53. The van der Waals surface area contributed by atoms with E-state index in [-0.39, 0.29) is 24.9 Å². The van der Waals surface area contributed by atoms with Crippen LogP contribution in [0, 0.1) is 0 Å². The summed E-state index contributed by atoms with van der Waals surface area (Å²) in [7, 11) is 0. The molecule has 0 fully saturated rings. The number of amides is 2. The van der Waals surface area contributed by atoms with Crippen molar-refractivity contribution >= 4 is 51.7 Å². The summed E-state index contributed by atoms with van der Waals surface area (Å²) in [5.74, 6) is 0.0964. The lowest BCUT2D eigenvalue weighted by atomic mass is 10.2. The SMILES string of the molecule is O=C(Cn1c(CNC(=O)c2ccc(Cl)cc2)nc2ccccc21)Nc1cccc(Cl)c1. The van der Waals surface area contributed by atoms with E-state index in [1.807, 2.05) is 24.3 Å². The molecule has 156 valence electrons. The fraction of sp³-hybridized carbons (Fsp3) is 0.0870. The smallest absolute Gasteiger partial charge is 0.251 e. The quantitative estimate of drug-likeness (QED) is 0.436. The molecule has 0 aliphatic carbocycles. The average molecular weight is 453 g/mol. The third-order valence-corrected chi connectivity index (χ3v) is 5.14. The molecule has 0 bridgehead atoms. The van der Waals surface area contributed by atoms with Gasteiger partial charge in [0.1, 0.15) is 12.4 Å². The first-order chi connectivity index (χ1) is 15.0. The molecule has 1 aromatic heterocycles. The first kappa shape index (κ1) is 20.9. The second-order valence-corrected chi connectivity index (χ2v) is 7.72. The lowest BCUT2D eigenvalue weighted by Gasteiger charge is -2.11. The number of imidazole rings is 1. The standard InChI is InChI=1S/C23H18Cl2N4O2/c24-16-10-8-15(9-11-16)23(31)26-13-21-28-19-6-1-2-7-20(19)29(21)14-22(30)27-18-5-3-4-17(25)12-18/h1-12H,13-14H2,(H,26,31)(H,27,30). The van der Waals surface area contributed by atoms with Gasteiger partial charge in [0.2, 0.25) is 5.91 Å². The predicted molar refractivity (Wildman–Crippen MR) is 122 cm³/mol. The van der Waals surface area contributed by atoms with Crippen LogP contribution in [0.5, 0.6) is 0 Å². The molecule has 2 amide bonds. The monoisotopic (exact) mass is 452 g/mol. The highest BCUT2D eigenvalue weighted by Crippen LogP contribution is 2.18. The van der Waals surface area contributed by atoms with Gasteiger partial charge in [-0.25, -0.2) is 4.98 Å².